The molecular formula is C17H28F2N2O10. The predicted octanol–water partition coefficient (Wildman–Crippen LogP) is -4.41. The number of ether oxygens (including phenoxy) is 2. The fourth-order valence-electron chi connectivity index (χ4n) is 3.85. The topological polar surface area (TPSA) is 198 Å². The first-order valence-corrected chi connectivity index (χ1v) is 9.53. The highest BCUT2D eigenvalue weighted by Gasteiger charge is 2.63. The lowest BCUT2D eigenvalue weighted by Crippen LogP contribution is -2.74. The van der Waals surface area contributed by atoms with Crippen molar-refractivity contribution in [3.8, 4) is 0 Å². The lowest BCUT2D eigenvalue weighted by atomic mass is 9.82. The number of nitrogens with one attached hydrogen (secondary N) is 2. The maximum atomic E-state index is 15.7. The highest BCUT2D eigenvalue weighted by molar-refractivity contribution is 5.74. The lowest BCUT2D eigenvalue weighted by Gasteiger charge is -2.50. The van der Waals surface area contributed by atoms with Crippen LogP contribution in [-0.4, -0.2) is 123 Å². The molecule has 0 radical (unpaired) electrons. The number of rotatable bonds is 6. The molecule has 0 aromatic rings. The third kappa shape index (κ3) is 5.12. The fraction of sp³-hybridized carbons (Fsp3) is 0.882. The van der Waals surface area contributed by atoms with Crippen LogP contribution in [0.1, 0.15) is 13.8 Å². The summed E-state index contributed by atoms with van der Waals surface area (Å²) in [6, 6.07) is -3.74. The molecule has 0 bridgehead atoms. The molecule has 31 heavy (non-hydrogen) atoms. The smallest absolute Gasteiger partial charge is 0.303 e. The van der Waals surface area contributed by atoms with E-state index in [-0.39, 0.29) is 0 Å². The minimum Gasteiger partial charge on any atom is -0.394 e. The third-order valence-electron chi connectivity index (χ3n) is 5.35. The molecule has 12 nitrogen and oxygen atoms in total. The second-order valence-electron chi connectivity index (χ2n) is 7.64. The van der Waals surface area contributed by atoms with Gasteiger partial charge in [-0.25, -0.2) is 8.78 Å². The van der Waals surface area contributed by atoms with Gasteiger partial charge in [0.2, 0.25) is 11.8 Å². The summed E-state index contributed by atoms with van der Waals surface area (Å²) < 4.78 is 41.6. The molecule has 2 fully saturated rings. The number of halogens is 2. The molecule has 2 unspecified atom stereocenters. The molecule has 2 aliphatic rings. The molecule has 8 N–H and O–H groups in total. The zero-order valence-corrected chi connectivity index (χ0v) is 16.8. The average molecular weight is 458 g/mol. The van der Waals surface area contributed by atoms with Crippen LogP contribution in [-0.2, 0) is 19.1 Å². The van der Waals surface area contributed by atoms with Gasteiger partial charge in [0.05, 0.1) is 25.3 Å². The number of alkyl halides is 2. The van der Waals surface area contributed by atoms with Crippen LogP contribution < -0.4 is 10.6 Å². The Kier molecular flexibility index (Phi) is 8.27. The van der Waals surface area contributed by atoms with Gasteiger partial charge in [0.1, 0.15) is 48.8 Å². The summed E-state index contributed by atoms with van der Waals surface area (Å²) >= 11 is 0. The first-order valence-electron chi connectivity index (χ1n) is 9.53. The van der Waals surface area contributed by atoms with E-state index in [1.54, 1.807) is 0 Å². The van der Waals surface area contributed by atoms with Crippen LogP contribution in [0.3, 0.4) is 0 Å². The van der Waals surface area contributed by atoms with Crippen molar-refractivity contribution in [2.24, 2.45) is 0 Å². The van der Waals surface area contributed by atoms with Crippen LogP contribution in [0.2, 0.25) is 0 Å². The molecule has 2 rings (SSSR count). The highest BCUT2D eigenvalue weighted by Crippen LogP contribution is 2.40. The summed E-state index contributed by atoms with van der Waals surface area (Å²) in [6.45, 7) is 0.0643. The average Bonchev–Trinajstić information content (AvgIpc) is 2.68. The van der Waals surface area contributed by atoms with E-state index < -0.39 is 91.9 Å². The van der Waals surface area contributed by atoms with Gasteiger partial charge in [0.15, 0.2) is 0 Å². The van der Waals surface area contributed by atoms with Gasteiger partial charge in [-0.2, -0.15) is 0 Å². The van der Waals surface area contributed by atoms with Crippen LogP contribution in [0.15, 0.2) is 0 Å². The van der Waals surface area contributed by atoms with Gasteiger partial charge in [-0.05, 0) is 0 Å². The zero-order valence-electron chi connectivity index (χ0n) is 16.8. The summed E-state index contributed by atoms with van der Waals surface area (Å²) in [5, 5.41) is 63.4. The molecule has 0 aromatic carbocycles. The van der Waals surface area contributed by atoms with Crippen LogP contribution in [0.25, 0.3) is 0 Å². The fourth-order valence-corrected chi connectivity index (χ4v) is 3.85. The molecule has 14 heteroatoms. The van der Waals surface area contributed by atoms with Crippen molar-refractivity contribution in [3.05, 3.63) is 0 Å². The standard InChI is InChI=1S/C17H28F2N2O10/c1-5(24)20-9-13(28)11(26)7(3-22)30-15(9)17(18,19)16-10(21-6(2)25)14(29)12(27)8(4-23)31-16/h7-16,22-23,26-29H,3-4H2,1-2H3,(H,20,24)(H,21,25)/t7-,8-,9-,10-,11+,12+,13-,14-,15?,16?/m1/s1. The van der Waals surface area contributed by atoms with Crippen molar-refractivity contribution in [1.29, 1.82) is 0 Å². The summed E-state index contributed by atoms with van der Waals surface area (Å²) in [4.78, 5) is 23.0. The predicted molar refractivity (Wildman–Crippen MR) is 95.7 cm³/mol. The number of carbonyl (C=O) groups is 2. The normalized spacial score (nSPS) is 41.5. The van der Waals surface area contributed by atoms with Crippen molar-refractivity contribution in [3.63, 3.8) is 0 Å². The third-order valence-corrected chi connectivity index (χ3v) is 5.35. The van der Waals surface area contributed by atoms with E-state index in [0.717, 1.165) is 13.8 Å². The Morgan fingerprint density at radius 2 is 1.10 bits per heavy atom. The summed E-state index contributed by atoms with van der Waals surface area (Å²) in [7, 11) is 0. The van der Waals surface area contributed by atoms with E-state index in [2.05, 4.69) is 10.6 Å². The van der Waals surface area contributed by atoms with Crippen molar-refractivity contribution >= 4 is 11.8 Å². The van der Waals surface area contributed by atoms with Crippen LogP contribution in [0.5, 0.6) is 0 Å². The second-order valence-corrected chi connectivity index (χ2v) is 7.64. The first kappa shape index (κ1) is 25.7. The van der Waals surface area contributed by atoms with E-state index in [9.17, 15) is 40.2 Å². The molecule has 2 saturated heterocycles. The second kappa shape index (κ2) is 9.95. The Hall–Kier alpha value is -1.52. The van der Waals surface area contributed by atoms with Gasteiger partial charge in [-0.15, -0.1) is 0 Å². The molecule has 2 amide bonds. The molecule has 10 atom stereocenters. The molecule has 0 aliphatic carbocycles. The minimum absolute atomic E-state index is 0.838. The van der Waals surface area contributed by atoms with Gasteiger partial charge in [0.25, 0.3) is 0 Å². The van der Waals surface area contributed by atoms with Gasteiger partial charge < -0.3 is 50.7 Å². The number of aliphatic hydroxyl groups is 6. The quantitative estimate of drug-likeness (QED) is 0.192. The largest absolute Gasteiger partial charge is 0.394 e. The van der Waals surface area contributed by atoms with E-state index in [1.165, 1.54) is 0 Å². The minimum atomic E-state index is -4.19. The summed E-state index contributed by atoms with van der Waals surface area (Å²) in [5.74, 6) is -5.87. The molecule has 2 heterocycles. The number of aliphatic hydroxyl groups excluding tert-OH is 6. The van der Waals surface area contributed by atoms with Crippen LogP contribution in [0, 0.1) is 0 Å². The number of amides is 2. The monoisotopic (exact) mass is 458 g/mol. The molecule has 2 aliphatic heterocycles. The van der Waals surface area contributed by atoms with E-state index >= 15 is 8.78 Å². The molecule has 180 valence electrons. The summed E-state index contributed by atoms with van der Waals surface area (Å²) in [5.41, 5.74) is 0. The Morgan fingerprint density at radius 3 is 1.35 bits per heavy atom. The molecule has 0 spiro atoms. The number of carbonyl (C=O) groups excluding carboxylic acids is 2. The Balaban J connectivity index is 2.48. The van der Waals surface area contributed by atoms with E-state index in [0.29, 0.717) is 0 Å². The number of hydrogen-bond acceptors (Lipinski definition) is 10. The molecular weight excluding hydrogens is 430 g/mol. The zero-order chi connectivity index (χ0) is 23.7. The van der Waals surface area contributed by atoms with Crippen LogP contribution in [0.4, 0.5) is 8.78 Å². The van der Waals surface area contributed by atoms with Crippen molar-refractivity contribution in [1.82, 2.24) is 10.6 Å². The first-order chi connectivity index (χ1) is 14.4. The molecule has 0 saturated carbocycles. The Morgan fingerprint density at radius 1 is 0.774 bits per heavy atom. The Labute approximate surface area is 175 Å². The SMILES string of the molecule is CC(=O)N[C@H]1C(C(F)(F)C2O[C@H](CO)[C@H](O)[C@H](O)[C@H]2NC(C)=O)O[C@H](CO)[C@H](O)[C@@H]1O. The van der Waals surface area contributed by atoms with Crippen molar-refractivity contribution in [2.75, 3.05) is 13.2 Å². The summed E-state index contributed by atoms with van der Waals surface area (Å²) in [6.07, 6.45) is -15.7. The van der Waals surface area contributed by atoms with Gasteiger partial charge in [-0.1, -0.05) is 0 Å². The lowest BCUT2D eigenvalue weighted by molar-refractivity contribution is -0.307. The number of hydrogen-bond donors (Lipinski definition) is 8. The maximum absolute atomic E-state index is 15.7. The van der Waals surface area contributed by atoms with Crippen LogP contribution >= 0.6 is 0 Å². The van der Waals surface area contributed by atoms with Crippen molar-refractivity contribution in [2.45, 2.75) is 80.7 Å². The van der Waals surface area contributed by atoms with Crippen molar-refractivity contribution < 1.29 is 58.5 Å². The van der Waals surface area contributed by atoms with E-state index in [4.69, 9.17) is 9.47 Å². The maximum Gasteiger partial charge on any atom is 0.303 e. The Bertz CT molecular complexity index is 604. The van der Waals surface area contributed by atoms with Gasteiger partial charge in [0, 0.05) is 13.8 Å². The van der Waals surface area contributed by atoms with Gasteiger partial charge in [-0.3, -0.25) is 9.59 Å². The molecule has 0 aromatic heterocycles. The highest BCUT2D eigenvalue weighted by atomic mass is 19.3. The van der Waals surface area contributed by atoms with E-state index in [1.807, 2.05) is 0 Å². The van der Waals surface area contributed by atoms with Gasteiger partial charge >= 0.3 is 5.92 Å².